The maximum absolute atomic E-state index is 11.3. The van der Waals surface area contributed by atoms with Gasteiger partial charge >= 0.3 is 0 Å². The molecule has 2 nitrogen and oxygen atoms in total. The van der Waals surface area contributed by atoms with Crippen molar-refractivity contribution in [1.82, 2.24) is 0 Å². The Balaban J connectivity index is 2.06. The Labute approximate surface area is 128 Å². The highest BCUT2D eigenvalue weighted by Gasteiger charge is 1.96. The normalized spacial score (nSPS) is 10.2. The molecule has 0 amide bonds. The van der Waals surface area contributed by atoms with Crippen LogP contribution in [0.1, 0.15) is 63.4 Å². The zero-order valence-electron chi connectivity index (χ0n) is 12.8. The van der Waals surface area contributed by atoms with Gasteiger partial charge in [0, 0.05) is 6.42 Å². The van der Waals surface area contributed by atoms with Gasteiger partial charge in [-0.1, -0.05) is 50.7 Å². The zero-order chi connectivity index (χ0) is 15.3. The zero-order valence-corrected chi connectivity index (χ0v) is 12.8. The van der Waals surface area contributed by atoms with Gasteiger partial charge in [0.25, 0.3) is 0 Å². The molecule has 0 saturated heterocycles. The van der Waals surface area contributed by atoms with E-state index in [2.05, 4.69) is 5.92 Å². The molecule has 0 radical (unpaired) electrons. The van der Waals surface area contributed by atoms with Crippen molar-refractivity contribution in [3.8, 4) is 18.1 Å². The second kappa shape index (κ2) is 11.0. The van der Waals surface area contributed by atoms with Gasteiger partial charge < -0.3 is 5.11 Å². The Bertz CT molecular complexity index is 500. The number of aryl methyl sites for hydroxylation is 1. The fourth-order valence-corrected chi connectivity index (χ4v) is 2.38. The Morgan fingerprint density at radius 3 is 2.10 bits per heavy atom. The summed E-state index contributed by atoms with van der Waals surface area (Å²) in [5.41, 5.74) is 0.799. The summed E-state index contributed by atoms with van der Waals surface area (Å²) >= 11 is 0. The van der Waals surface area contributed by atoms with Gasteiger partial charge in [-0.05, 0) is 37.0 Å². The molecule has 1 aromatic rings. The monoisotopic (exact) mass is 286 g/mol. The van der Waals surface area contributed by atoms with E-state index in [0.717, 1.165) is 31.2 Å². The largest absolute Gasteiger partial charge is 0.504 e. The molecular formula is C19H26O2. The van der Waals surface area contributed by atoms with Crippen LogP contribution in [0, 0.1) is 12.3 Å². The average Bonchev–Trinajstić information content (AvgIpc) is 2.64. The first-order valence-electron chi connectivity index (χ1n) is 7.99. The summed E-state index contributed by atoms with van der Waals surface area (Å²) in [4.78, 5) is 11.3. The van der Waals surface area contributed by atoms with Crippen molar-refractivity contribution in [2.45, 2.75) is 64.2 Å². The molecule has 1 rings (SSSR count). The maximum atomic E-state index is 11.3. The van der Waals surface area contributed by atoms with Gasteiger partial charge in [0.05, 0.1) is 0 Å². The molecule has 2 heteroatoms. The molecule has 0 unspecified atom stereocenters. The van der Waals surface area contributed by atoms with Crippen LogP contribution in [0.5, 0.6) is 5.75 Å². The summed E-state index contributed by atoms with van der Waals surface area (Å²) in [5.74, 6) is 2.50. The predicted octanol–water partition coefficient (Wildman–Crippen LogP) is 4.44. The summed E-state index contributed by atoms with van der Waals surface area (Å²) in [7, 11) is 0. The SMILES string of the molecule is C#CCCCCCCCCCCc1ccc(O)c(=O)cc1. The molecule has 21 heavy (non-hydrogen) atoms. The smallest absolute Gasteiger partial charge is 0.220 e. The van der Waals surface area contributed by atoms with Gasteiger partial charge in [-0.15, -0.1) is 12.3 Å². The van der Waals surface area contributed by atoms with Crippen molar-refractivity contribution >= 4 is 0 Å². The summed E-state index contributed by atoms with van der Waals surface area (Å²) in [6.45, 7) is 0. The highest BCUT2D eigenvalue weighted by Crippen LogP contribution is 2.12. The lowest BCUT2D eigenvalue weighted by Gasteiger charge is -2.01. The lowest BCUT2D eigenvalue weighted by atomic mass is 10.0. The third-order valence-corrected chi connectivity index (χ3v) is 3.69. The Morgan fingerprint density at radius 2 is 1.43 bits per heavy atom. The van der Waals surface area contributed by atoms with E-state index in [0.29, 0.717) is 0 Å². The van der Waals surface area contributed by atoms with E-state index in [4.69, 9.17) is 6.42 Å². The van der Waals surface area contributed by atoms with Crippen LogP contribution in [0.2, 0.25) is 0 Å². The van der Waals surface area contributed by atoms with Crippen LogP contribution in [0.25, 0.3) is 0 Å². The lowest BCUT2D eigenvalue weighted by Crippen LogP contribution is -1.91. The molecule has 0 aliphatic carbocycles. The molecule has 0 aliphatic rings. The lowest BCUT2D eigenvalue weighted by molar-refractivity contribution is 0.471. The number of hydrogen-bond acceptors (Lipinski definition) is 2. The van der Waals surface area contributed by atoms with Crippen LogP contribution in [-0.4, -0.2) is 5.11 Å². The summed E-state index contributed by atoms with van der Waals surface area (Å²) in [6.07, 6.45) is 17.0. The quantitative estimate of drug-likeness (QED) is 0.510. The summed E-state index contributed by atoms with van der Waals surface area (Å²) < 4.78 is 0. The third kappa shape index (κ3) is 8.19. The minimum Gasteiger partial charge on any atom is -0.504 e. The third-order valence-electron chi connectivity index (χ3n) is 3.69. The Morgan fingerprint density at radius 1 is 0.857 bits per heavy atom. The van der Waals surface area contributed by atoms with Gasteiger partial charge in [-0.2, -0.15) is 0 Å². The van der Waals surface area contributed by atoms with E-state index < -0.39 is 0 Å². The Kier molecular flexibility index (Phi) is 9.04. The number of unbranched alkanes of at least 4 members (excludes halogenated alkanes) is 8. The van der Waals surface area contributed by atoms with E-state index in [-0.39, 0.29) is 11.2 Å². The average molecular weight is 286 g/mol. The van der Waals surface area contributed by atoms with E-state index in [1.807, 2.05) is 12.1 Å². The Hall–Kier alpha value is -1.75. The number of aromatic hydroxyl groups is 1. The molecule has 0 aromatic heterocycles. The molecule has 0 bridgehead atoms. The minimum absolute atomic E-state index is 0.175. The molecule has 114 valence electrons. The second-order valence-electron chi connectivity index (χ2n) is 5.52. The topological polar surface area (TPSA) is 37.3 Å². The number of hydrogen-bond donors (Lipinski definition) is 1. The molecule has 0 heterocycles. The van der Waals surface area contributed by atoms with Gasteiger partial charge in [0.1, 0.15) is 0 Å². The van der Waals surface area contributed by atoms with Crippen molar-refractivity contribution in [2.24, 2.45) is 0 Å². The van der Waals surface area contributed by atoms with Crippen molar-refractivity contribution in [3.63, 3.8) is 0 Å². The van der Waals surface area contributed by atoms with Gasteiger partial charge in [0.2, 0.25) is 5.43 Å². The molecule has 1 aromatic carbocycles. The molecular weight excluding hydrogens is 260 g/mol. The first-order chi connectivity index (χ1) is 10.2. The number of rotatable bonds is 10. The van der Waals surface area contributed by atoms with Crippen molar-refractivity contribution in [1.29, 1.82) is 0 Å². The van der Waals surface area contributed by atoms with E-state index in [1.54, 1.807) is 0 Å². The van der Waals surface area contributed by atoms with Gasteiger partial charge in [0.15, 0.2) is 5.75 Å². The first kappa shape index (κ1) is 17.3. The molecule has 0 saturated carbocycles. The van der Waals surface area contributed by atoms with Crippen LogP contribution in [0.4, 0.5) is 0 Å². The molecule has 0 spiro atoms. The highest BCUT2D eigenvalue weighted by atomic mass is 16.3. The number of terminal acetylenes is 1. The van der Waals surface area contributed by atoms with Crippen molar-refractivity contribution < 1.29 is 5.11 Å². The van der Waals surface area contributed by atoms with Gasteiger partial charge in [-0.25, -0.2) is 0 Å². The molecule has 0 aliphatic heterocycles. The van der Waals surface area contributed by atoms with Gasteiger partial charge in [-0.3, -0.25) is 4.79 Å². The van der Waals surface area contributed by atoms with Crippen molar-refractivity contribution in [2.75, 3.05) is 0 Å². The van der Waals surface area contributed by atoms with E-state index in [9.17, 15) is 9.90 Å². The molecule has 0 atom stereocenters. The molecule has 0 fully saturated rings. The van der Waals surface area contributed by atoms with Crippen LogP contribution in [0.3, 0.4) is 0 Å². The van der Waals surface area contributed by atoms with Crippen molar-refractivity contribution in [3.05, 3.63) is 40.1 Å². The summed E-state index contributed by atoms with van der Waals surface area (Å²) in [5, 5.41) is 9.33. The summed E-state index contributed by atoms with van der Waals surface area (Å²) in [6, 6.07) is 6.59. The van der Waals surface area contributed by atoms with E-state index >= 15 is 0 Å². The fraction of sp³-hybridized carbons (Fsp3) is 0.526. The standard InChI is InChI=1S/C19H26O2/c1-2-3-4-5-6-7-8-9-10-11-12-17-13-15-18(20)19(21)16-14-17/h1,13-16H,3-12H2,(H,20,21). The van der Waals surface area contributed by atoms with Crippen LogP contribution < -0.4 is 5.43 Å². The minimum atomic E-state index is -0.314. The first-order valence-corrected chi connectivity index (χ1v) is 7.99. The second-order valence-corrected chi connectivity index (χ2v) is 5.52. The van der Waals surface area contributed by atoms with Crippen LogP contribution in [0.15, 0.2) is 29.1 Å². The fourth-order valence-electron chi connectivity index (χ4n) is 2.38. The van der Waals surface area contributed by atoms with Crippen LogP contribution >= 0.6 is 0 Å². The van der Waals surface area contributed by atoms with Crippen LogP contribution in [-0.2, 0) is 6.42 Å². The highest BCUT2D eigenvalue weighted by molar-refractivity contribution is 5.23. The maximum Gasteiger partial charge on any atom is 0.220 e. The van der Waals surface area contributed by atoms with E-state index in [1.165, 1.54) is 50.7 Å². The predicted molar refractivity (Wildman–Crippen MR) is 88.5 cm³/mol. The molecule has 1 N–H and O–H groups in total.